The van der Waals surface area contributed by atoms with Gasteiger partial charge in [-0.15, -0.1) is 0 Å². The van der Waals surface area contributed by atoms with Crippen molar-refractivity contribution in [2.45, 2.75) is 30.6 Å². The number of nitrogens with zero attached hydrogens (tertiary/aromatic N) is 1. The Hall–Kier alpha value is -3.26. The maximum absolute atomic E-state index is 13.3. The van der Waals surface area contributed by atoms with Crippen LogP contribution in [0.1, 0.15) is 29.9 Å². The summed E-state index contributed by atoms with van der Waals surface area (Å²) in [5, 5.41) is 9.07. The summed E-state index contributed by atoms with van der Waals surface area (Å²) in [5.41, 5.74) is 7.42. The number of fused-ring (bicyclic) bond motifs is 1. The number of aryl methyl sites for hydroxylation is 1. The number of benzene rings is 3. The van der Waals surface area contributed by atoms with Gasteiger partial charge in [-0.1, -0.05) is 42.5 Å². The number of likely N-dealkylation sites (tertiary alicyclic amines) is 1. The lowest BCUT2D eigenvalue weighted by Crippen LogP contribution is -2.41. The molecule has 0 spiro atoms. The third-order valence-electron chi connectivity index (χ3n) is 5.93. The van der Waals surface area contributed by atoms with E-state index in [1.54, 1.807) is 30.3 Å². The number of guanidine groups is 1. The fourth-order valence-electron chi connectivity index (χ4n) is 4.36. The standard InChI is InChI=1S/C24H27N3O4S/c1-16-14-20(18-10-12-27(13-11-18)24(25)26)23(30-2)21(15-16)31-32(28,29)22-9-5-7-17-6-3-4-8-19(17)22/h3-9,14-15,18H,10-13H2,1-2H3,(H3,25,26). The van der Waals surface area contributed by atoms with Crippen molar-refractivity contribution >= 4 is 26.9 Å². The second-order valence-corrected chi connectivity index (χ2v) is 9.56. The van der Waals surface area contributed by atoms with Gasteiger partial charge >= 0.3 is 10.1 Å². The van der Waals surface area contributed by atoms with Crippen LogP contribution in [0.5, 0.6) is 11.5 Å². The van der Waals surface area contributed by atoms with Crippen LogP contribution in [0.25, 0.3) is 10.8 Å². The van der Waals surface area contributed by atoms with E-state index in [4.69, 9.17) is 20.1 Å². The number of piperidine rings is 1. The molecule has 3 aromatic rings. The summed E-state index contributed by atoms with van der Waals surface area (Å²) in [4.78, 5) is 1.96. The summed E-state index contributed by atoms with van der Waals surface area (Å²) in [6, 6.07) is 16.2. The smallest absolute Gasteiger partial charge is 0.339 e. The van der Waals surface area contributed by atoms with Crippen LogP contribution in [0.4, 0.5) is 0 Å². The maximum atomic E-state index is 13.3. The van der Waals surface area contributed by atoms with Crippen molar-refractivity contribution in [3.05, 3.63) is 65.7 Å². The minimum atomic E-state index is -4.09. The molecule has 0 unspecified atom stereocenters. The number of nitrogens with one attached hydrogen (secondary N) is 1. The molecule has 0 radical (unpaired) electrons. The number of nitrogens with two attached hydrogens (primary N) is 1. The van der Waals surface area contributed by atoms with E-state index in [2.05, 4.69) is 0 Å². The van der Waals surface area contributed by atoms with Crippen LogP contribution >= 0.6 is 0 Å². The Balaban J connectivity index is 1.70. The predicted octanol–water partition coefficient (Wildman–Crippen LogP) is 4.00. The molecule has 0 atom stereocenters. The Bertz CT molecular complexity index is 1260. The molecule has 1 saturated heterocycles. The third kappa shape index (κ3) is 4.23. The van der Waals surface area contributed by atoms with E-state index < -0.39 is 10.1 Å². The Kier molecular flexibility index (Phi) is 5.97. The summed E-state index contributed by atoms with van der Waals surface area (Å²) in [6.45, 7) is 3.24. The molecular weight excluding hydrogens is 426 g/mol. The molecule has 0 aliphatic carbocycles. The zero-order chi connectivity index (χ0) is 22.9. The largest absolute Gasteiger partial charge is 0.492 e. The van der Waals surface area contributed by atoms with Crippen LogP contribution in [-0.2, 0) is 10.1 Å². The molecule has 0 bridgehead atoms. The van der Waals surface area contributed by atoms with Crippen molar-refractivity contribution < 1.29 is 17.3 Å². The Morgan fingerprint density at radius 1 is 1.09 bits per heavy atom. The van der Waals surface area contributed by atoms with E-state index in [-0.39, 0.29) is 22.5 Å². The molecular formula is C24H27N3O4S. The number of ether oxygens (including phenoxy) is 1. The molecule has 1 fully saturated rings. The second-order valence-electron chi connectivity index (χ2n) is 8.05. The maximum Gasteiger partial charge on any atom is 0.339 e. The van der Waals surface area contributed by atoms with Gasteiger partial charge in [0.2, 0.25) is 0 Å². The van der Waals surface area contributed by atoms with Gasteiger partial charge in [-0.05, 0) is 48.8 Å². The zero-order valence-corrected chi connectivity index (χ0v) is 19.0. The van der Waals surface area contributed by atoms with E-state index in [1.807, 2.05) is 36.1 Å². The highest BCUT2D eigenvalue weighted by atomic mass is 32.2. The molecule has 3 aromatic carbocycles. The van der Waals surface area contributed by atoms with Crippen molar-refractivity contribution in [1.29, 1.82) is 5.41 Å². The normalized spacial score (nSPS) is 15.0. The van der Waals surface area contributed by atoms with E-state index in [9.17, 15) is 8.42 Å². The van der Waals surface area contributed by atoms with E-state index in [0.29, 0.717) is 24.2 Å². The summed E-state index contributed by atoms with van der Waals surface area (Å²) in [7, 11) is -2.57. The first-order valence-electron chi connectivity index (χ1n) is 10.5. The van der Waals surface area contributed by atoms with Gasteiger partial charge in [0, 0.05) is 24.0 Å². The molecule has 32 heavy (non-hydrogen) atoms. The molecule has 7 nitrogen and oxygen atoms in total. The van der Waals surface area contributed by atoms with Crippen molar-refractivity contribution in [3.8, 4) is 11.5 Å². The summed E-state index contributed by atoms with van der Waals surface area (Å²) in [6.07, 6.45) is 1.57. The fraction of sp³-hybridized carbons (Fsp3) is 0.292. The first-order valence-corrected chi connectivity index (χ1v) is 11.9. The summed E-state index contributed by atoms with van der Waals surface area (Å²) < 4.78 is 37.9. The molecule has 1 heterocycles. The Morgan fingerprint density at radius 2 is 1.78 bits per heavy atom. The lowest BCUT2D eigenvalue weighted by atomic mass is 9.88. The Labute approximate surface area is 188 Å². The molecule has 4 rings (SSSR count). The molecule has 1 aliphatic rings. The van der Waals surface area contributed by atoms with Crippen molar-refractivity contribution in [1.82, 2.24) is 4.90 Å². The average Bonchev–Trinajstić information content (AvgIpc) is 2.78. The molecule has 0 saturated carbocycles. The highest BCUT2D eigenvalue weighted by Crippen LogP contribution is 2.42. The first-order chi connectivity index (χ1) is 15.3. The van der Waals surface area contributed by atoms with Gasteiger partial charge in [-0.25, -0.2) is 0 Å². The zero-order valence-electron chi connectivity index (χ0n) is 18.2. The minimum absolute atomic E-state index is 0.0739. The van der Waals surface area contributed by atoms with Gasteiger partial charge in [0.25, 0.3) is 0 Å². The third-order valence-corrected chi connectivity index (χ3v) is 7.22. The first kappa shape index (κ1) is 22.0. The molecule has 8 heteroatoms. The van der Waals surface area contributed by atoms with Crippen LogP contribution < -0.4 is 14.7 Å². The van der Waals surface area contributed by atoms with Gasteiger partial charge in [0.05, 0.1) is 7.11 Å². The van der Waals surface area contributed by atoms with Crippen LogP contribution in [0.2, 0.25) is 0 Å². The van der Waals surface area contributed by atoms with E-state index in [0.717, 1.165) is 29.4 Å². The number of rotatable bonds is 5. The SMILES string of the molecule is COc1c(OS(=O)(=O)c2cccc3ccccc23)cc(C)cc1C1CCN(C(=N)N)CC1. The fourth-order valence-corrected chi connectivity index (χ4v) is 5.51. The Morgan fingerprint density at radius 3 is 2.47 bits per heavy atom. The van der Waals surface area contributed by atoms with Crippen LogP contribution in [-0.4, -0.2) is 39.5 Å². The van der Waals surface area contributed by atoms with Crippen molar-refractivity contribution in [2.24, 2.45) is 5.73 Å². The highest BCUT2D eigenvalue weighted by molar-refractivity contribution is 7.87. The van der Waals surface area contributed by atoms with Gasteiger partial charge in [0.1, 0.15) is 4.90 Å². The lowest BCUT2D eigenvalue weighted by molar-refractivity contribution is 0.301. The molecule has 0 aromatic heterocycles. The highest BCUT2D eigenvalue weighted by Gasteiger charge is 2.28. The summed E-state index contributed by atoms with van der Waals surface area (Å²) >= 11 is 0. The number of hydrogen-bond acceptors (Lipinski definition) is 5. The second kappa shape index (κ2) is 8.70. The van der Waals surface area contributed by atoms with E-state index >= 15 is 0 Å². The number of methoxy groups -OCH3 is 1. The molecule has 0 amide bonds. The summed E-state index contributed by atoms with van der Waals surface area (Å²) in [5.74, 6) is 0.845. The minimum Gasteiger partial charge on any atom is -0.492 e. The van der Waals surface area contributed by atoms with Gasteiger partial charge < -0.3 is 19.6 Å². The average molecular weight is 454 g/mol. The van der Waals surface area contributed by atoms with Crippen LogP contribution in [0, 0.1) is 12.3 Å². The monoisotopic (exact) mass is 453 g/mol. The van der Waals surface area contributed by atoms with Crippen LogP contribution in [0.15, 0.2) is 59.5 Å². The number of hydrogen-bond donors (Lipinski definition) is 2. The van der Waals surface area contributed by atoms with Crippen molar-refractivity contribution in [3.63, 3.8) is 0 Å². The predicted molar refractivity (Wildman–Crippen MR) is 125 cm³/mol. The van der Waals surface area contributed by atoms with Gasteiger partial charge in [-0.3, -0.25) is 5.41 Å². The molecule has 1 aliphatic heterocycles. The van der Waals surface area contributed by atoms with Gasteiger partial charge in [-0.2, -0.15) is 8.42 Å². The quantitative estimate of drug-likeness (QED) is 0.344. The van der Waals surface area contributed by atoms with Crippen molar-refractivity contribution in [2.75, 3.05) is 20.2 Å². The van der Waals surface area contributed by atoms with Crippen LogP contribution in [0.3, 0.4) is 0 Å². The van der Waals surface area contributed by atoms with Gasteiger partial charge in [0.15, 0.2) is 17.5 Å². The topological polar surface area (TPSA) is 106 Å². The van der Waals surface area contributed by atoms with E-state index in [1.165, 1.54) is 7.11 Å². The molecule has 168 valence electrons. The lowest BCUT2D eigenvalue weighted by Gasteiger charge is -2.33. The molecule has 3 N–H and O–H groups in total.